The van der Waals surface area contributed by atoms with Gasteiger partial charge in [0.25, 0.3) is 0 Å². The van der Waals surface area contributed by atoms with Crippen molar-refractivity contribution in [3.63, 3.8) is 0 Å². The maximum atomic E-state index is 11.5. The average Bonchev–Trinajstić information content (AvgIpc) is 2.75. The van der Waals surface area contributed by atoms with E-state index in [1.807, 2.05) is 17.5 Å². The molecule has 0 saturated heterocycles. The van der Waals surface area contributed by atoms with Crippen LogP contribution in [-0.4, -0.2) is 36.9 Å². The fraction of sp³-hybridized carbons (Fsp3) is 0.455. The highest BCUT2D eigenvalue weighted by Gasteiger charge is 2.19. The van der Waals surface area contributed by atoms with Crippen LogP contribution in [0.5, 0.6) is 0 Å². The zero-order valence-electron chi connectivity index (χ0n) is 9.97. The number of carbonyl (C=O) groups excluding carboxylic acids is 2. The number of nitrogens with one attached hydrogen (secondary N) is 1. The molecule has 1 atom stereocenters. The molecule has 0 bridgehead atoms. The summed E-state index contributed by atoms with van der Waals surface area (Å²) >= 11 is 1.59. The van der Waals surface area contributed by atoms with Crippen LogP contribution < -0.4 is 11.1 Å². The van der Waals surface area contributed by atoms with E-state index >= 15 is 0 Å². The number of nitrogens with two attached hydrogens (primary N) is 1. The maximum Gasteiger partial charge on any atom is 0.235 e. The highest BCUT2D eigenvalue weighted by molar-refractivity contribution is 7.09. The van der Waals surface area contributed by atoms with Gasteiger partial charge < -0.3 is 16.0 Å². The van der Waals surface area contributed by atoms with Crippen LogP contribution in [0.3, 0.4) is 0 Å². The molecule has 0 aliphatic heterocycles. The number of carbonyl (C=O) groups is 2. The summed E-state index contributed by atoms with van der Waals surface area (Å²) in [7, 11) is 3.30. The van der Waals surface area contributed by atoms with Gasteiger partial charge in [0.15, 0.2) is 0 Å². The number of primary amides is 1. The van der Waals surface area contributed by atoms with E-state index in [9.17, 15) is 9.59 Å². The van der Waals surface area contributed by atoms with Crippen molar-refractivity contribution in [1.82, 2.24) is 10.2 Å². The SMILES string of the molecule is CN(C)C(=O)CC(NCc1cccs1)C(N)=O. The fourth-order valence-corrected chi connectivity index (χ4v) is 1.92. The molecule has 0 fully saturated rings. The molecular formula is C11H17N3O2S. The van der Waals surface area contributed by atoms with Gasteiger partial charge in [0, 0.05) is 25.5 Å². The number of rotatable bonds is 6. The van der Waals surface area contributed by atoms with E-state index in [0.29, 0.717) is 6.54 Å². The quantitative estimate of drug-likeness (QED) is 0.761. The minimum absolute atomic E-state index is 0.0910. The Bertz CT molecular complexity index is 376. The van der Waals surface area contributed by atoms with Crippen molar-refractivity contribution in [2.24, 2.45) is 5.73 Å². The van der Waals surface area contributed by atoms with Crippen LogP contribution in [0.15, 0.2) is 17.5 Å². The standard InChI is InChI=1S/C11H17N3O2S/c1-14(2)10(15)6-9(11(12)16)13-7-8-4-3-5-17-8/h3-5,9,13H,6-7H2,1-2H3,(H2,12,16). The van der Waals surface area contributed by atoms with Crippen LogP contribution >= 0.6 is 11.3 Å². The van der Waals surface area contributed by atoms with Gasteiger partial charge >= 0.3 is 0 Å². The second kappa shape index (κ2) is 6.36. The third-order valence-electron chi connectivity index (χ3n) is 2.32. The number of hydrogen-bond acceptors (Lipinski definition) is 4. The lowest BCUT2D eigenvalue weighted by Gasteiger charge is -2.17. The van der Waals surface area contributed by atoms with Gasteiger partial charge in [-0.25, -0.2) is 0 Å². The van der Waals surface area contributed by atoms with E-state index in [1.54, 1.807) is 25.4 Å². The average molecular weight is 255 g/mol. The van der Waals surface area contributed by atoms with Crippen molar-refractivity contribution >= 4 is 23.2 Å². The smallest absolute Gasteiger partial charge is 0.235 e. The van der Waals surface area contributed by atoms with Crippen molar-refractivity contribution in [2.45, 2.75) is 19.0 Å². The van der Waals surface area contributed by atoms with Gasteiger partial charge in [0.05, 0.1) is 12.5 Å². The Morgan fingerprint density at radius 2 is 2.24 bits per heavy atom. The van der Waals surface area contributed by atoms with Gasteiger partial charge in [0.1, 0.15) is 0 Å². The van der Waals surface area contributed by atoms with Gasteiger partial charge in [-0.05, 0) is 11.4 Å². The van der Waals surface area contributed by atoms with Crippen LogP contribution in [0.2, 0.25) is 0 Å². The molecule has 0 aliphatic rings. The molecule has 1 aromatic heterocycles. The van der Waals surface area contributed by atoms with Crippen LogP contribution in [-0.2, 0) is 16.1 Å². The summed E-state index contributed by atoms with van der Waals surface area (Å²) in [5.41, 5.74) is 5.26. The normalized spacial score (nSPS) is 12.1. The van der Waals surface area contributed by atoms with E-state index in [4.69, 9.17) is 5.73 Å². The lowest BCUT2D eigenvalue weighted by atomic mass is 10.2. The van der Waals surface area contributed by atoms with Crippen molar-refractivity contribution in [1.29, 1.82) is 0 Å². The van der Waals surface area contributed by atoms with Gasteiger partial charge in [0.2, 0.25) is 11.8 Å². The maximum absolute atomic E-state index is 11.5. The molecule has 1 aromatic rings. The number of hydrogen-bond donors (Lipinski definition) is 2. The molecule has 5 nitrogen and oxygen atoms in total. The van der Waals surface area contributed by atoms with E-state index in [0.717, 1.165) is 4.88 Å². The lowest BCUT2D eigenvalue weighted by Crippen LogP contribution is -2.44. The minimum atomic E-state index is -0.619. The van der Waals surface area contributed by atoms with Crippen LogP contribution in [0.4, 0.5) is 0 Å². The highest BCUT2D eigenvalue weighted by atomic mass is 32.1. The summed E-state index contributed by atoms with van der Waals surface area (Å²) < 4.78 is 0. The zero-order chi connectivity index (χ0) is 12.8. The summed E-state index contributed by atoms with van der Waals surface area (Å²) in [5.74, 6) is -0.621. The molecule has 3 N–H and O–H groups in total. The molecule has 0 spiro atoms. The first kappa shape index (κ1) is 13.7. The molecule has 0 radical (unpaired) electrons. The Hall–Kier alpha value is -1.40. The molecule has 0 aromatic carbocycles. The van der Waals surface area contributed by atoms with E-state index in [1.165, 1.54) is 4.90 Å². The molecule has 1 rings (SSSR count). The molecule has 6 heteroatoms. The Morgan fingerprint density at radius 3 is 2.71 bits per heavy atom. The van der Waals surface area contributed by atoms with Gasteiger partial charge in [-0.1, -0.05) is 6.07 Å². The Kier molecular flexibility index (Phi) is 5.11. The van der Waals surface area contributed by atoms with Crippen molar-refractivity contribution in [2.75, 3.05) is 14.1 Å². The minimum Gasteiger partial charge on any atom is -0.368 e. The molecule has 1 unspecified atom stereocenters. The van der Waals surface area contributed by atoms with Crippen molar-refractivity contribution in [3.8, 4) is 0 Å². The third-order valence-corrected chi connectivity index (χ3v) is 3.20. The summed E-state index contributed by atoms with van der Waals surface area (Å²) in [6, 6.07) is 3.28. The monoisotopic (exact) mass is 255 g/mol. The molecule has 17 heavy (non-hydrogen) atoms. The number of thiophene rings is 1. The third kappa shape index (κ3) is 4.54. The molecule has 1 heterocycles. The molecule has 2 amide bonds. The van der Waals surface area contributed by atoms with Crippen LogP contribution in [0, 0.1) is 0 Å². The van der Waals surface area contributed by atoms with E-state index in [2.05, 4.69) is 5.32 Å². The van der Waals surface area contributed by atoms with Crippen LogP contribution in [0.25, 0.3) is 0 Å². The number of nitrogens with zero attached hydrogens (tertiary/aromatic N) is 1. The summed E-state index contributed by atoms with van der Waals surface area (Å²) in [6.07, 6.45) is 0.0910. The largest absolute Gasteiger partial charge is 0.368 e. The first-order chi connectivity index (χ1) is 8.00. The first-order valence-electron chi connectivity index (χ1n) is 5.26. The summed E-state index contributed by atoms with van der Waals surface area (Å²) in [5, 5.41) is 4.96. The van der Waals surface area contributed by atoms with Crippen molar-refractivity contribution < 1.29 is 9.59 Å². The van der Waals surface area contributed by atoms with Gasteiger partial charge in [-0.15, -0.1) is 11.3 Å². The second-order valence-electron chi connectivity index (χ2n) is 3.91. The first-order valence-corrected chi connectivity index (χ1v) is 6.14. The fourth-order valence-electron chi connectivity index (χ4n) is 1.27. The Morgan fingerprint density at radius 1 is 1.53 bits per heavy atom. The molecule has 0 aliphatic carbocycles. The van der Waals surface area contributed by atoms with Crippen LogP contribution in [0.1, 0.15) is 11.3 Å². The summed E-state index contributed by atoms with van der Waals surface area (Å²) in [4.78, 5) is 25.3. The van der Waals surface area contributed by atoms with Gasteiger partial charge in [-0.3, -0.25) is 9.59 Å². The Labute approximate surface area is 105 Å². The number of amides is 2. The molecular weight excluding hydrogens is 238 g/mol. The predicted octanol–water partition coefficient (Wildman–Crippen LogP) is 0.170. The Balaban J connectivity index is 2.49. The lowest BCUT2D eigenvalue weighted by molar-refractivity contribution is -0.132. The molecule has 94 valence electrons. The van der Waals surface area contributed by atoms with E-state index < -0.39 is 11.9 Å². The topological polar surface area (TPSA) is 75.4 Å². The van der Waals surface area contributed by atoms with Crippen molar-refractivity contribution in [3.05, 3.63) is 22.4 Å². The predicted molar refractivity (Wildman–Crippen MR) is 67.5 cm³/mol. The highest BCUT2D eigenvalue weighted by Crippen LogP contribution is 2.08. The van der Waals surface area contributed by atoms with E-state index in [-0.39, 0.29) is 12.3 Å². The molecule has 0 saturated carbocycles. The zero-order valence-corrected chi connectivity index (χ0v) is 10.8. The van der Waals surface area contributed by atoms with Gasteiger partial charge in [-0.2, -0.15) is 0 Å². The second-order valence-corrected chi connectivity index (χ2v) is 4.94. The summed E-state index contributed by atoms with van der Waals surface area (Å²) in [6.45, 7) is 0.548.